The monoisotopic (exact) mass is 421 g/mol. The molecule has 0 radical (unpaired) electrons. The van der Waals surface area contributed by atoms with Crippen LogP contribution in [0.3, 0.4) is 0 Å². The van der Waals surface area contributed by atoms with Crippen LogP contribution in [0.4, 0.5) is 10.5 Å². The summed E-state index contributed by atoms with van der Waals surface area (Å²) in [6, 6.07) is 6.21. The van der Waals surface area contributed by atoms with E-state index in [9.17, 15) is 4.79 Å². The van der Waals surface area contributed by atoms with Crippen LogP contribution in [0, 0.1) is 19.3 Å². The molecule has 1 aliphatic rings. The molecule has 1 aliphatic heterocycles. The van der Waals surface area contributed by atoms with Crippen LogP contribution < -0.4 is 0 Å². The zero-order valence-electron chi connectivity index (χ0n) is 18.4. The van der Waals surface area contributed by atoms with Gasteiger partial charge in [0.2, 0.25) is 5.27 Å². The van der Waals surface area contributed by atoms with Gasteiger partial charge < -0.3 is 4.43 Å². The van der Waals surface area contributed by atoms with E-state index in [1.807, 2.05) is 0 Å². The Hall–Kier alpha value is -0.663. The smallest absolute Gasteiger partial charge is 0.217 e. The molecular formula is C21H33NO2P2Si. The van der Waals surface area contributed by atoms with Gasteiger partial charge in [0.25, 0.3) is 0 Å². The molecule has 3 nitrogen and oxygen atoms in total. The molecular weight excluding hydrogens is 388 g/mol. The average Bonchev–Trinajstić information content (AvgIpc) is 2.46. The van der Waals surface area contributed by atoms with Gasteiger partial charge in [0.15, 0.2) is 8.32 Å². The van der Waals surface area contributed by atoms with Crippen LogP contribution in [0.1, 0.15) is 52.7 Å². The summed E-state index contributed by atoms with van der Waals surface area (Å²) in [7, 11) is -2.34. The van der Waals surface area contributed by atoms with Crippen molar-refractivity contribution in [3.63, 3.8) is 0 Å². The molecule has 6 heteroatoms. The van der Waals surface area contributed by atoms with Crippen LogP contribution in [0.5, 0.6) is 0 Å². The van der Waals surface area contributed by atoms with Gasteiger partial charge in [0, 0.05) is 13.6 Å². The fourth-order valence-corrected chi connectivity index (χ4v) is 8.50. The van der Waals surface area contributed by atoms with Crippen LogP contribution in [0.25, 0.3) is 0 Å². The highest BCUT2D eigenvalue weighted by Gasteiger charge is 2.47. The number of carbonyl (C=O) groups is 1. The summed E-state index contributed by atoms with van der Waals surface area (Å²) in [5.41, 5.74) is 4.07. The predicted octanol–water partition coefficient (Wildman–Crippen LogP) is 8.05. The molecule has 0 fully saturated rings. The number of nitrogens with zero attached hydrogens (tertiary/aromatic N) is 1. The molecule has 0 aliphatic carbocycles. The van der Waals surface area contributed by atoms with E-state index in [1.165, 1.54) is 0 Å². The van der Waals surface area contributed by atoms with Gasteiger partial charge in [-0.1, -0.05) is 59.7 Å². The number of aryl methyl sites for hydroxylation is 2. The largest absolute Gasteiger partial charge is 0.380 e. The molecule has 1 aromatic carbocycles. The van der Waals surface area contributed by atoms with Crippen molar-refractivity contribution < 1.29 is 9.22 Å². The van der Waals surface area contributed by atoms with Crippen LogP contribution >= 0.6 is 16.1 Å². The van der Waals surface area contributed by atoms with E-state index in [-0.39, 0.29) is 15.7 Å². The van der Waals surface area contributed by atoms with Gasteiger partial charge in [0.05, 0.1) is 19.1 Å². The molecule has 0 aromatic heterocycles. The van der Waals surface area contributed by atoms with Crippen molar-refractivity contribution in [2.75, 3.05) is 0 Å². The SMILES string of the molecule is Cc1cccc(C)c1N=C(P1C(=O)P=C1O[Si](C)(C)C(C)(C)C)C(C)(C)C. The van der Waals surface area contributed by atoms with Crippen molar-refractivity contribution in [3.05, 3.63) is 29.3 Å². The summed E-state index contributed by atoms with van der Waals surface area (Å²) in [4.78, 5) is 17.8. The van der Waals surface area contributed by atoms with Gasteiger partial charge >= 0.3 is 0 Å². The molecule has 0 amide bonds. The van der Waals surface area contributed by atoms with E-state index in [0.717, 1.165) is 35.7 Å². The zero-order valence-corrected chi connectivity index (χ0v) is 21.2. The number of hydrogen-bond acceptors (Lipinski definition) is 3. The standard InChI is InChI=1S/C21H33NO2P2Si/c1-14-12-11-13-15(2)16(14)22-17(20(3,4)5)26-18(23)25-19(26)24-27(9,10)21(6,7)8/h11-13H,1-10H3. The first-order chi connectivity index (χ1) is 12.1. The van der Waals surface area contributed by atoms with Gasteiger partial charge in [0.1, 0.15) is 5.22 Å². The van der Waals surface area contributed by atoms with Gasteiger partial charge in [-0.05, 0) is 43.1 Å². The molecule has 0 saturated heterocycles. The van der Waals surface area contributed by atoms with Gasteiger partial charge in [-0.15, -0.1) is 0 Å². The van der Waals surface area contributed by atoms with Gasteiger partial charge in [-0.25, -0.2) is 0 Å². The first kappa shape index (κ1) is 22.6. The molecule has 0 N–H and O–H groups in total. The van der Waals surface area contributed by atoms with Crippen LogP contribution in [-0.4, -0.2) is 24.3 Å². The quantitative estimate of drug-likeness (QED) is 0.280. The predicted molar refractivity (Wildman–Crippen MR) is 125 cm³/mol. The third-order valence-corrected chi connectivity index (χ3v) is 14.3. The molecule has 1 unspecified atom stereocenters. The molecule has 0 spiro atoms. The van der Waals surface area contributed by atoms with Crippen molar-refractivity contribution in [2.24, 2.45) is 10.4 Å². The summed E-state index contributed by atoms with van der Waals surface area (Å²) in [6.07, 6.45) is 0. The Balaban J connectivity index is 2.49. The second-order valence-corrected chi connectivity index (χ2v) is 18.2. The summed E-state index contributed by atoms with van der Waals surface area (Å²) in [6.45, 7) is 21.8. The summed E-state index contributed by atoms with van der Waals surface area (Å²) >= 11 is 0. The fourth-order valence-electron chi connectivity index (χ4n) is 2.49. The van der Waals surface area contributed by atoms with Crippen molar-refractivity contribution in [1.82, 2.24) is 0 Å². The van der Waals surface area contributed by atoms with Crippen molar-refractivity contribution in [3.8, 4) is 0 Å². The summed E-state index contributed by atoms with van der Waals surface area (Å²) in [5, 5.41) is 1.33. The van der Waals surface area contributed by atoms with E-state index >= 15 is 0 Å². The van der Waals surface area contributed by atoms with Crippen LogP contribution in [-0.2, 0) is 4.43 Å². The minimum atomic E-state index is -1.96. The highest BCUT2D eigenvalue weighted by Crippen LogP contribution is 2.61. The number of rotatable bonds is 4. The highest BCUT2D eigenvalue weighted by molar-refractivity contribution is 8.25. The van der Waals surface area contributed by atoms with Gasteiger partial charge in [-0.2, -0.15) is 0 Å². The normalized spacial score (nSPS) is 19.6. The molecule has 1 aromatic rings. The highest BCUT2D eigenvalue weighted by atomic mass is 31.2. The number of hydrogen-bond donors (Lipinski definition) is 0. The Bertz CT molecular complexity index is 794. The maximum atomic E-state index is 12.7. The zero-order chi connectivity index (χ0) is 20.8. The van der Waals surface area contributed by atoms with E-state index in [4.69, 9.17) is 9.42 Å². The lowest BCUT2D eigenvalue weighted by Crippen LogP contribution is -2.43. The fraction of sp³-hybridized carbons (Fsp3) is 0.571. The molecule has 2 rings (SSSR count). The van der Waals surface area contributed by atoms with E-state index in [2.05, 4.69) is 86.7 Å². The third kappa shape index (κ3) is 4.85. The average molecular weight is 422 g/mol. The number of aliphatic imine (C=N–C) groups is 1. The lowest BCUT2D eigenvalue weighted by atomic mass is 9.98. The molecule has 0 saturated carbocycles. The minimum Gasteiger partial charge on any atom is -0.380 e. The third-order valence-electron chi connectivity index (χ3n) is 5.27. The van der Waals surface area contributed by atoms with E-state index < -0.39 is 16.2 Å². The Labute approximate surface area is 168 Å². The minimum absolute atomic E-state index is 0.112. The molecule has 27 heavy (non-hydrogen) atoms. The summed E-state index contributed by atoms with van der Waals surface area (Å²) < 4.78 is 6.57. The topological polar surface area (TPSA) is 38.7 Å². The van der Waals surface area contributed by atoms with E-state index in [0.29, 0.717) is 0 Å². The summed E-state index contributed by atoms with van der Waals surface area (Å²) in [5.74, 6) is 0. The van der Waals surface area contributed by atoms with Crippen molar-refractivity contribution in [1.29, 1.82) is 0 Å². The van der Waals surface area contributed by atoms with Crippen molar-refractivity contribution in [2.45, 2.75) is 73.5 Å². The molecule has 148 valence electrons. The number of benzene rings is 1. The van der Waals surface area contributed by atoms with Crippen molar-refractivity contribution >= 4 is 46.1 Å². The number of carbonyl (C=O) groups excluding carboxylic acids is 1. The first-order valence-corrected chi connectivity index (χ1v) is 14.6. The number of para-hydroxylation sites is 1. The Morgan fingerprint density at radius 3 is 2.00 bits per heavy atom. The van der Waals surface area contributed by atoms with E-state index in [1.54, 1.807) is 0 Å². The van der Waals surface area contributed by atoms with Gasteiger partial charge in [-0.3, -0.25) is 9.79 Å². The first-order valence-electron chi connectivity index (χ1n) is 9.42. The maximum absolute atomic E-state index is 12.7. The second kappa shape index (κ2) is 7.63. The lowest BCUT2D eigenvalue weighted by molar-refractivity contribution is 0.275. The van der Waals surface area contributed by atoms with Crippen LogP contribution in [0.15, 0.2) is 23.2 Å². The maximum Gasteiger partial charge on any atom is 0.217 e. The molecule has 1 atom stereocenters. The Morgan fingerprint density at radius 2 is 1.59 bits per heavy atom. The van der Waals surface area contributed by atoms with Crippen LogP contribution in [0.2, 0.25) is 18.1 Å². The molecule has 0 bridgehead atoms. The Morgan fingerprint density at radius 1 is 1.07 bits per heavy atom. The lowest BCUT2D eigenvalue weighted by Gasteiger charge is -2.41. The second-order valence-electron chi connectivity index (χ2n) is 9.80. The molecule has 1 heterocycles. The Kier molecular flexibility index (Phi) is 6.40.